The number of amides is 1. The van der Waals surface area contributed by atoms with Gasteiger partial charge >= 0.3 is 0 Å². The SMILES string of the molecule is CN1CCC2(CC1)CCN(c1ccc(-n3ncc4c(=O)n(CC5(O)CCN(C(=O)C6CC6)CC5)cnc43)cc1)CC2. The fourth-order valence-corrected chi connectivity index (χ4v) is 7.09. The monoisotopic (exact) mass is 559 g/mol. The first-order valence-electron chi connectivity index (χ1n) is 15.3. The summed E-state index contributed by atoms with van der Waals surface area (Å²) in [6, 6.07) is 8.39. The molecular weight excluding hydrogens is 518 g/mol. The third-order valence-corrected chi connectivity index (χ3v) is 10.3. The van der Waals surface area contributed by atoms with Crippen LogP contribution >= 0.6 is 0 Å². The van der Waals surface area contributed by atoms with E-state index in [-0.39, 0.29) is 23.9 Å². The molecule has 3 aliphatic heterocycles. The molecule has 1 aromatic carbocycles. The van der Waals surface area contributed by atoms with E-state index >= 15 is 0 Å². The topological polar surface area (TPSA) is 99.7 Å². The van der Waals surface area contributed by atoms with Crippen LogP contribution in [0.4, 0.5) is 5.69 Å². The first-order valence-corrected chi connectivity index (χ1v) is 15.3. The summed E-state index contributed by atoms with van der Waals surface area (Å²) in [5.74, 6) is 0.397. The van der Waals surface area contributed by atoms with Crippen LogP contribution in [0.5, 0.6) is 0 Å². The van der Waals surface area contributed by atoms with Crippen molar-refractivity contribution in [2.75, 3.05) is 51.2 Å². The summed E-state index contributed by atoms with van der Waals surface area (Å²) in [5, 5.41) is 16.2. The lowest BCUT2D eigenvalue weighted by Crippen LogP contribution is -2.50. The second kappa shape index (κ2) is 10.2. The Kier molecular flexibility index (Phi) is 6.65. The molecule has 1 saturated carbocycles. The predicted octanol–water partition coefficient (Wildman–Crippen LogP) is 2.66. The molecule has 4 aliphatic rings. The van der Waals surface area contributed by atoms with Crippen molar-refractivity contribution < 1.29 is 9.90 Å². The summed E-state index contributed by atoms with van der Waals surface area (Å²) < 4.78 is 3.20. The molecule has 0 atom stereocenters. The third kappa shape index (κ3) is 5.16. The van der Waals surface area contributed by atoms with Crippen molar-refractivity contribution in [3.05, 3.63) is 47.1 Å². The lowest BCUT2D eigenvalue weighted by molar-refractivity contribution is -0.137. The first-order chi connectivity index (χ1) is 19.8. The molecule has 218 valence electrons. The van der Waals surface area contributed by atoms with Crippen molar-refractivity contribution in [2.45, 2.75) is 63.5 Å². The summed E-state index contributed by atoms with van der Waals surface area (Å²) in [5.41, 5.74) is 1.88. The number of carbonyl (C=O) groups is 1. The molecule has 0 unspecified atom stereocenters. The molecule has 5 heterocycles. The highest BCUT2D eigenvalue weighted by molar-refractivity contribution is 5.81. The normalized spacial score (nSPS) is 22.9. The van der Waals surface area contributed by atoms with E-state index in [4.69, 9.17) is 0 Å². The molecule has 1 N–H and O–H groups in total. The number of piperidine rings is 3. The van der Waals surface area contributed by atoms with Gasteiger partial charge in [-0.1, -0.05) is 0 Å². The summed E-state index contributed by atoms with van der Waals surface area (Å²) in [4.78, 5) is 37.1. The number of fused-ring (bicyclic) bond motifs is 1. The molecule has 0 radical (unpaired) electrons. The van der Waals surface area contributed by atoms with Gasteiger partial charge in [-0.05, 0) is 101 Å². The van der Waals surface area contributed by atoms with Crippen molar-refractivity contribution in [1.82, 2.24) is 29.1 Å². The summed E-state index contributed by atoms with van der Waals surface area (Å²) >= 11 is 0. The summed E-state index contributed by atoms with van der Waals surface area (Å²) in [7, 11) is 2.23. The number of aromatic nitrogens is 4. The second-order valence-corrected chi connectivity index (χ2v) is 13.1. The number of aliphatic hydroxyl groups is 1. The molecule has 41 heavy (non-hydrogen) atoms. The van der Waals surface area contributed by atoms with Gasteiger partial charge in [0.15, 0.2) is 5.65 Å². The average molecular weight is 560 g/mol. The molecule has 10 heteroatoms. The minimum atomic E-state index is -1.03. The fourth-order valence-electron chi connectivity index (χ4n) is 7.09. The van der Waals surface area contributed by atoms with E-state index in [0.29, 0.717) is 42.4 Å². The van der Waals surface area contributed by atoms with E-state index in [1.165, 1.54) is 55.4 Å². The lowest BCUT2D eigenvalue weighted by atomic mass is 9.71. The van der Waals surface area contributed by atoms with Gasteiger partial charge in [0.05, 0.1) is 24.0 Å². The zero-order valence-electron chi connectivity index (χ0n) is 24.0. The Morgan fingerprint density at radius 1 is 0.927 bits per heavy atom. The Morgan fingerprint density at radius 2 is 1.56 bits per heavy atom. The number of carbonyl (C=O) groups excluding carboxylic acids is 1. The Hall–Kier alpha value is -3.24. The van der Waals surface area contributed by atoms with Gasteiger partial charge in [-0.15, -0.1) is 0 Å². The first kappa shape index (κ1) is 26.6. The van der Waals surface area contributed by atoms with E-state index < -0.39 is 5.60 Å². The van der Waals surface area contributed by atoms with Crippen LogP contribution in [0.15, 0.2) is 41.6 Å². The Morgan fingerprint density at radius 3 is 2.22 bits per heavy atom. The largest absolute Gasteiger partial charge is 0.388 e. The smallest absolute Gasteiger partial charge is 0.264 e. The van der Waals surface area contributed by atoms with E-state index in [1.54, 1.807) is 10.9 Å². The maximum absolute atomic E-state index is 13.4. The van der Waals surface area contributed by atoms with E-state index in [0.717, 1.165) is 31.6 Å². The van der Waals surface area contributed by atoms with Crippen molar-refractivity contribution in [3.63, 3.8) is 0 Å². The molecule has 1 spiro atoms. The molecule has 7 rings (SSSR count). The van der Waals surface area contributed by atoms with Gasteiger partial charge in [-0.2, -0.15) is 5.10 Å². The summed E-state index contributed by atoms with van der Waals surface area (Å²) in [6.45, 7) is 5.84. The zero-order valence-corrected chi connectivity index (χ0v) is 24.0. The van der Waals surface area contributed by atoms with E-state index in [1.807, 2.05) is 17.0 Å². The summed E-state index contributed by atoms with van der Waals surface area (Å²) in [6.07, 6.45) is 11.1. The van der Waals surface area contributed by atoms with Crippen molar-refractivity contribution in [1.29, 1.82) is 0 Å². The number of likely N-dealkylation sites (tertiary alicyclic amines) is 2. The maximum Gasteiger partial charge on any atom is 0.264 e. The van der Waals surface area contributed by atoms with Gasteiger partial charge < -0.3 is 19.8 Å². The quantitative estimate of drug-likeness (QED) is 0.513. The van der Waals surface area contributed by atoms with Crippen LogP contribution in [-0.2, 0) is 11.3 Å². The minimum Gasteiger partial charge on any atom is -0.388 e. The number of benzene rings is 1. The second-order valence-electron chi connectivity index (χ2n) is 13.1. The molecule has 2 aromatic heterocycles. The molecule has 1 amide bonds. The molecule has 1 aliphatic carbocycles. The number of hydrogen-bond donors (Lipinski definition) is 1. The number of rotatable bonds is 5. The van der Waals surface area contributed by atoms with Crippen molar-refractivity contribution in [3.8, 4) is 5.69 Å². The predicted molar refractivity (Wildman–Crippen MR) is 157 cm³/mol. The van der Waals surface area contributed by atoms with Gasteiger partial charge in [-0.25, -0.2) is 9.67 Å². The highest BCUT2D eigenvalue weighted by Gasteiger charge is 2.39. The van der Waals surface area contributed by atoms with Crippen LogP contribution in [0.25, 0.3) is 16.7 Å². The van der Waals surface area contributed by atoms with E-state index in [9.17, 15) is 14.7 Å². The molecule has 0 bridgehead atoms. The third-order valence-electron chi connectivity index (χ3n) is 10.3. The minimum absolute atomic E-state index is 0.161. The average Bonchev–Trinajstić information content (AvgIpc) is 3.75. The molecular formula is C31H41N7O3. The number of anilines is 1. The van der Waals surface area contributed by atoms with Gasteiger partial charge in [0.25, 0.3) is 5.56 Å². The molecule has 3 aromatic rings. The Labute approximate surface area is 240 Å². The van der Waals surface area contributed by atoms with Crippen LogP contribution in [0.2, 0.25) is 0 Å². The number of hydrogen-bond acceptors (Lipinski definition) is 7. The number of nitrogens with zero attached hydrogens (tertiary/aromatic N) is 7. The molecule has 4 fully saturated rings. The maximum atomic E-state index is 13.4. The van der Waals surface area contributed by atoms with Crippen LogP contribution in [0.1, 0.15) is 51.4 Å². The lowest BCUT2D eigenvalue weighted by Gasteiger charge is -2.46. The van der Waals surface area contributed by atoms with Crippen molar-refractivity contribution in [2.24, 2.45) is 11.3 Å². The Balaban J connectivity index is 1.02. The zero-order chi connectivity index (χ0) is 28.2. The fraction of sp³-hybridized carbons (Fsp3) is 0.613. The highest BCUT2D eigenvalue weighted by atomic mass is 16.3. The highest BCUT2D eigenvalue weighted by Crippen LogP contribution is 2.42. The molecule has 10 nitrogen and oxygen atoms in total. The van der Waals surface area contributed by atoms with Gasteiger partial charge in [0.2, 0.25) is 5.91 Å². The van der Waals surface area contributed by atoms with Crippen LogP contribution < -0.4 is 10.5 Å². The van der Waals surface area contributed by atoms with E-state index in [2.05, 4.69) is 39.1 Å². The van der Waals surface area contributed by atoms with Gasteiger partial charge in [-0.3, -0.25) is 14.2 Å². The van der Waals surface area contributed by atoms with Crippen molar-refractivity contribution >= 4 is 22.6 Å². The van der Waals surface area contributed by atoms with Crippen LogP contribution in [0.3, 0.4) is 0 Å². The van der Waals surface area contributed by atoms with Crippen LogP contribution in [0, 0.1) is 11.3 Å². The van der Waals surface area contributed by atoms with Crippen LogP contribution in [-0.4, -0.2) is 92.1 Å². The molecule has 3 saturated heterocycles. The van der Waals surface area contributed by atoms with Gasteiger partial charge in [0.1, 0.15) is 11.7 Å². The van der Waals surface area contributed by atoms with Gasteiger partial charge in [0, 0.05) is 37.8 Å². The Bertz CT molecular complexity index is 1470. The standard InChI is InChI=1S/C31H41N7O3/c1-34-14-8-30(9-15-34)10-16-35(17-11-30)24-4-6-25(7-5-24)38-27-26(20-33-38)29(40)37(22-32-27)21-31(41)12-18-36(19-13-31)28(39)23-2-3-23/h4-7,20,22-23,41H,2-3,8-19,21H2,1H3.